The summed E-state index contributed by atoms with van der Waals surface area (Å²) in [4.78, 5) is 0. The van der Waals surface area contributed by atoms with Crippen LogP contribution in [0, 0.1) is 6.92 Å². The van der Waals surface area contributed by atoms with Crippen molar-refractivity contribution in [2.75, 3.05) is 0 Å². The molecule has 5 aromatic carbocycles. The van der Waals surface area contributed by atoms with Crippen molar-refractivity contribution in [3.05, 3.63) is 96.6 Å². The maximum absolute atomic E-state index is 11.0. The quantitative estimate of drug-likeness (QED) is 0.347. The molecule has 0 saturated carbocycles. The van der Waals surface area contributed by atoms with Gasteiger partial charge in [-0.2, -0.15) is 0 Å². The number of rotatable bonds is 2. The van der Waals surface area contributed by atoms with Crippen molar-refractivity contribution in [2.45, 2.75) is 6.92 Å². The van der Waals surface area contributed by atoms with Crippen LogP contribution in [0.5, 0.6) is 11.5 Å². The molecule has 0 unspecified atom stereocenters. The molecular weight excluding hydrogens is 356 g/mol. The van der Waals surface area contributed by atoms with Crippen LogP contribution in [0.2, 0.25) is 0 Å². The molecule has 0 saturated heterocycles. The number of aryl methyl sites for hydroxylation is 1. The number of benzene rings is 5. The summed E-state index contributed by atoms with van der Waals surface area (Å²) in [6.07, 6.45) is 0. The fourth-order valence-electron chi connectivity index (χ4n) is 4.12. The van der Waals surface area contributed by atoms with Gasteiger partial charge in [0, 0.05) is 11.1 Å². The van der Waals surface area contributed by atoms with Gasteiger partial charge < -0.3 is 10.2 Å². The zero-order valence-electron chi connectivity index (χ0n) is 16.1. The minimum atomic E-state index is 0.165. The number of hydrogen-bond acceptors (Lipinski definition) is 2. The Balaban J connectivity index is 1.86. The van der Waals surface area contributed by atoms with E-state index in [4.69, 9.17) is 0 Å². The van der Waals surface area contributed by atoms with E-state index >= 15 is 0 Å². The van der Waals surface area contributed by atoms with E-state index in [-0.39, 0.29) is 11.5 Å². The Bertz CT molecular complexity index is 1370. The zero-order valence-corrected chi connectivity index (χ0v) is 16.1. The summed E-state index contributed by atoms with van der Waals surface area (Å²) in [5, 5.41) is 25.7. The van der Waals surface area contributed by atoms with Gasteiger partial charge in [0.05, 0.1) is 0 Å². The van der Waals surface area contributed by atoms with E-state index in [1.54, 1.807) is 6.07 Å². The normalized spacial score (nSPS) is 11.2. The highest BCUT2D eigenvalue weighted by atomic mass is 16.3. The van der Waals surface area contributed by atoms with Crippen molar-refractivity contribution in [2.24, 2.45) is 0 Å². The average molecular weight is 376 g/mol. The van der Waals surface area contributed by atoms with Gasteiger partial charge in [-0.15, -0.1) is 0 Å². The van der Waals surface area contributed by atoms with Gasteiger partial charge in [-0.3, -0.25) is 0 Å². The van der Waals surface area contributed by atoms with Crippen LogP contribution in [-0.4, -0.2) is 10.2 Å². The number of phenols is 2. The highest BCUT2D eigenvalue weighted by Gasteiger charge is 2.18. The van der Waals surface area contributed by atoms with Crippen LogP contribution in [0.25, 0.3) is 43.8 Å². The molecule has 0 radical (unpaired) electrons. The van der Waals surface area contributed by atoms with Crippen LogP contribution in [0.15, 0.2) is 91.0 Å². The van der Waals surface area contributed by atoms with Gasteiger partial charge in [0.2, 0.25) is 0 Å². The molecule has 2 nitrogen and oxygen atoms in total. The lowest BCUT2D eigenvalue weighted by molar-refractivity contribution is 0.468. The first-order valence-electron chi connectivity index (χ1n) is 9.66. The molecule has 0 bridgehead atoms. The van der Waals surface area contributed by atoms with E-state index in [2.05, 4.69) is 24.3 Å². The number of aromatic hydroxyl groups is 2. The molecule has 0 aliphatic rings. The topological polar surface area (TPSA) is 40.5 Å². The fraction of sp³-hybridized carbons (Fsp3) is 0.0370. The third kappa shape index (κ3) is 2.81. The highest BCUT2D eigenvalue weighted by molar-refractivity contribution is 6.10. The van der Waals surface area contributed by atoms with Crippen LogP contribution >= 0.6 is 0 Å². The van der Waals surface area contributed by atoms with Crippen molar-refractivity contribution in [1.82, 2.24) is 0 Å². The summed E-state index contributed by atoms with van der Waals surface area (Å²) >= 11 is 0. The van der Waals surface area contributed by atoms with E-state index in [0.29, 0.717) is 11.1 Å². The van der Waals surface area contributed by atoms with Gasteiger partial charge in [-0.25, -0.2) is 0 Å². The van der Waals surface area contributed by atoms with Gasteiger partial charge in [-0.1, -0.05) is 72.8 Å². The van der Waals surface area contributed by atoms with E-state index in [0.717, 1.165) is 38.2 Å². The Morgan fingerprint density at radius 1 is 0.552 bits per heavy atom. The third-order valence-electron chi connectivity index (χ3n) is 5.57. The molecule has 0 aliphatic carbocycles. The standard InChI is InChI=1S/C27H20O2/c1-17-15-21-16-20(18-7-3-2-4-8-18)11-13-23(21)26(27(17)29)25-22-10-6-5-9-19(22)12-14-24(25)28/h2-16,28-29H,1H3. The summed E-state index contributed by atoms with van der Waals surface area (Å²) in [6.45, 7) is 1.90. The Kier molecular flexibility index (Phi) is 3.99. The lowest BCUT2D eigenvalue weighted by atomic mass is 9.89. The van der Waals surface area contributed by atoms with Crippen molar-refractivity contribution in [3.63, 3.8) is 0 Å². The second-order valence-corrected chi connectivity index (χ2v) is 7.40. The minimum absolute atomic E-state index is 0.165. The summed E-state index contributed by atoms with van der Waals surface area (Å²) < 4.78 is 0. The first kappa shape index (κ1) is 17.3. The lowest BCUT2D eigenvalue weighted by Crippen LogP contribution is -1.90. The lowest BCUT2D eigenvalue weighted by Gasteiger charge is -2.16. The number of phenolic OH excluding ortho intramolecular Hbond substituents is 2. The molecule has 2 N–H and O–H groups in total. The van der Waals surface area contributed by atoms with Gasteiger partial charge >= 0.3 is 0 Å². The molecule has 0 spiro atoms. The van der Waals surface area contributed by atoms with Crippen LogP contribution in [0.1, 0.15) is 5.56 Å². The van der Waals surface area contributed by atoms with Crippen LogP contribution in [0.3, 0.4) is 0 Å². The van der Waals surface area contributed by atoms with Crippen molar-refractivity contribution >= 4 is 21.5 Å². The summed E-state index contributed by atoms with van der Waals surface area (Å²) in [5.41, 5.74) is 4.40. The number of hydrogen-bond donors (Lipinski definition) is 2. The highest BCUT2D eigenvalue weighted by Crippen LogP contribution is 2.46. The molecule has 0 aromatic heterocycles. The van der Waals surface area contributed by atoms with Crippen LogP contribution in [0.4, 0.5) is 0 Å². The Morgan fingerprint density at radius 3 is 2.10 bits per heavy atom. The molecular formula is C27H20O2. The summed E-state index contributed by atoms with van der Waals surface area (Å²) in [7, 11) is 0. The summed E-state index contributed by atoms with van der Waals surface area (Å²) in [5.74, 6) is 0.370. The fourth-order valence-corrected chi connectivity index (χ4v) is 4.12. The van der Waals surface area contributed by atoms with Gasteiger partial charge in [0.25, 0.3) is 0 Å². The number of fused-ring (bicyclic) bond motifs is 2. The minimum Gasteiger partial charge on any atom is -0.507 e. The van der Waals surface area contributed by atoms with E-state index in [1.165, 1.54) is 0 Å². The zero-order chi connectivity index (χ0) is 20.0. The second kappa shape index (κ2) is 6.68. The maximum Gasteiger partial charge on any atom is 0.127 e. The third-order valence-corrected chi connectivity index (χ3v) is 5.57. The molecule has 5 aromatic rings. The molecule has 140 valence electrons. The molecule has 0 amide bonds. The van der Waals surface area contributed by atoms with Gasteiger partial charge in [0.15, 0.2) is 0 Å². The van der Waals surface area contributed by atoms with E-state index < -0.39 is 0 Å². The Hall–Kier alpha value is -3.78. The molecule has 5 rings (SSSR count). The molecule has 0 atom stereocenters. The molecule has 0 aliphatic heterocycles. The molecule has 0 fully saturated rings. The predicted octanol–water partition coefficient (Wildman–Crippen LogP) is 7.05. The van der Waals surface area contributed by atoms with Gasteiger partial charge in [0.1, 0.15) is 11.5 Å². The van der Waals surface area contributed by atoms with E-state index in [9.17, 15) is 10.2 Å². The maximum atomic E-state index is 11.0. The predicted molar refractivity (Wildman–Crippen MR) is 120 cm³/mol. The Morgan fingerprint density at radius 2 is 1.28 bits per heavy atom. The van der Waals surface area contributed by atoms with Crippen molar-refractivity contribution in [1.29, 1.82) is 0 Å². The van der Waals surface area contributed by atoms with Crippen molar-refractivity contribution < 1.29 is 10.2 Å². The van der Waals surface area contributed by atoms with Crippen LogP contribution in [-0.2, 0) is 0 Å². The SMILES string of the molecule is Cc1cc2cc(-c3ccccc3)ccc2c(-c2c(O)ccc3ccccc23)c1O. The monoisotopic (exact) mass is 376 g/mol. The van der Waals surface area contributed by atoms with Crippen molar-refractivity contribution in [3.8, 4) is 33.8 Å². The molecule has 29 heavy (non-hydrogen) atoms. The second-order valence-electron chi connectivity index (χ2n) is 7.40. The first-order chi connectivity index (χ1) is 14.1. The smallest absolute Gasteiger partial charge is 0.127 e. The Labute approximate surface area is 169 Å². The first-order valence-corrected chi connectivity index (χ1v) is 9.66. The van der Waals surface area contributed by atoms with Crippen LogP contribution < -0.4 is 0 Å². The molecule has 0 heterocycles. The van der Waals surface area contributed by atoms with Gasteiger partial charge in [-0.05, 0) is 63.4 Å². The average Bonchev–Trinajstić information content (AvgIpc) is 2.76. The van der Waals surface area contributed by atoms with E-state index in [1.807, 2.05) is 67.6 Å². The molecule has 2 heteroatoms. The summed E-state index contributed by atoms with van der Waals surface area (Å²) in [6, 6.07) is 30.0. The largest absolute Gasteiger partial charge is 0.507 e.